The van der Waals surface area contributed by atoms with E-state index in [0.717, 1.165) is 4.31 Å². The minimum atomic E-state index is -4.79. The van der Waals surface area contributed by atoms with Crippen molar-refractivity contribution in [2.24, 2.45) is 5.92 Å². The van der Waals surface area contributed by atoms with E-state index >= 15 is 0 Å². The summed E-state index contributed by atoms with van der Waals surface area (Å²) in [6, 6.07) is 9.54. The van der Waals surface area contributed by atoms with Gasteiger partial charge in [0.1, 0.15) is 17.8 Å². The van der Waals surface area contributed by atoms with Crippen molar-refractivity contribution in [3.63, 3.8) is 0 Å². The summed E-state index contributed by atoms with van der Waals surface area (Å²) in [5, 5.41) is 39.3. The number of piperidine rings is 1. The molecule has 2 aromatic rings. The van der Waals surface area contributed by atoms with Crippen LogP contribution in [0.1, 0.15) is 37.0 Å². The Labute approximate surface area is 218 Å². The Hall–Kier alpha value is -3.36. The van der Waals surface area contributed by atoms with Crippen molar-refractivity contribution in [3.05, 3.63) is 53.1 Å². The number of sulfonamides is 1. The molecule has 9 nitrogen and oxygen atoms in total. The molecular weight excluding hydrogens is 527 g/mol. The quantitative estimate of drug-likeness (QED) is 0.508. The molecule has 2 atom stereocenters. The third-order valence-corrected chi connectivity index (χ3v) is 7.63. The van der Waals surface area contributed by atoms with E-state index in [1.165, 1.54) is 24.3 Å². The highest BCUT2D eigenvalue weighted by Crippen LogP contribution is 2.36. The van der Waals surface area contributed by atoms with Crippen LogP contribution < -0.4 is 9.47 Å². The van der Waals surface area contributed by atoms with Crippen LogP contribution in [0.25, 0.3) is 0 Å². The predicted octanol–water partition coefficient (Wildman–Crippen LogP) is 3.05. The topological polar surface area (TPSA) is 144 Å². The van der Waals surface area contributed by atoms with Crippen LogP contribution in [0.4, 0.5) is 13.2 Å². The standard InChI is InChI=1S/C25H26F3N3O6S/c1-16(2)13-36-22-7-17(10-29)3-5-21(22)37-20-9-24(33,15-32)14-31(12-20)38(34,35)23-6-4-19(25(26,27)28)8-18(23)11-30/h3-8,16,20,32-33H,9,12-15H2,1-2H3. The molecule has 0 bridgehead atoms. The molecule has 38 heavy (non-hydrogen) atoms. The Balaban J connectivity index is 1.96. The Morgan fingerprint density at radius 3 is 2.45 bits per heavy atom. The van der Waals surface area contributed by atoms with Crippen molar-refractivity contribution >= 4 is 10.0 Å². The highest BCUT2D eigenvalue weighted by molar-refractivity contribution is 7.89. The summed E-state index contributed by atoms with van der Waals surface area (Å²) < 4.78 is 78.7. The Morgan fingerprint density at radius 2 is 1.87 bits per heavy atom. The SMILES string of the molecule is CC(C)COc1cc(C#N)ccc1OC1CN(S(=O)(=O)c2ccc(C(F)(F)F)cc2C#N)CC(O)(CO)C1. The molecule has 13 heteroatoms. The number of aliphatic hydroxyl groups excluding tert-OH is 1. The number of aliphatic hydroxyl groups is 2. The maximum absolute atomic E-state index is 13.4. The van der Waals surface area contributed by atoms with Gasteiger partial charge in [0.05, 0.1) is 47.4 Å². The van der Waals surface area contributed by atoms with E-state index in [4.69, 9.17) is 9.47 Å². The van der Waals surface area contributed by atoms with Gasteiger partial charge in [0.15, 0.2) is 11.5 Å². The summed E-state index contributed by atoms with van der Waals surface area (Å²) in [6.45, 7) is 2.36. The van der Waals surface area contributed by atoms with Gasteiger partial charge in [-0.2, -0.15) is 28.0 Å². The number of rotatable bonds is 8. The molecule has 0 amide bonds. The molecule has 0 spiro atoms. The average molecular weight is 554 g/mol. The number of halogens is 3. The zero-order valence-corrected chi connectivity index (χ0v) is 21.4. The van der Waals surface area contributed by atoms with Gasteiger partial charge in [0, 0.05) is 19.0 Å². The van der Waals surface area contributed by atoms with Crippen LogP contribution >= 0.6 is 0 Å². The first-order valence-corrected chi connectivity index (χ1v) is 12.9. The van der Waals surface area contributed by atoms with E-state index in [9.17, 15) is 42.3 Å². The summed E-state index contributed by atoms with van der Waals surface area (Å²) in [5.74, 6) is 0.530. The number of ether oxygens (including phenoxy) is 2. The number of hydrogen-bond donors (Lipinski definition) is 2. The van der Waals surface area contributed by atoms with E-state index in [-0.39, 0.29) is 30.4 Å². The fourth-order valence-corrected chi connectivity index (χ4v) is 5.60. The number of hydrogen-bond acceptors (Lipinski definition) is 8. The van der Waals surface area contributed by atoms with Crippen molar-refractivity contribution in [2.75, 3.05) is 26.3 Å². The lowest BCUT2D eigenvalue weighted by Crippen LogP contribution is -2.58. The minimum absolute atomic E-state index is 0.140. The maximum Gasteiger partial charge on any atom is 0.416 e. The fourth-order valence-electron chi connectivity index (χ4n) is 3.93. The molecular formula is C25H26F3N3O6S. The molecule has 2 aromatic carbocycles. The van der Waals surface area contributed by atoms with Gasteiger partial charge in [0.2, 0.25) is 10.0 Å². The van der Waals surface area contributed by atoms with Gasteiger partial charge in [-0.1, -0.05) is 13.8 Å². The van der Waals surface area contributed by atoms with Gasteiger partial charge in [-0.25, -0.2) is 8.42 Å². The first kappa shape index (κ1) is 29.2. The second-order valence-corrected chi connectivity index (χ2v) is 11.3. The molecule has 1 aliphatic heterocycles. The van der Waals surface area contributed by atoms with E-state index in [2.05, 4.69) is 0 Å². The van der Waals surface area contributed by atoms with Gasteiger partial charge in [-0.05, 0) is 36.2 Å². The normalized spacial score (nSPS) is 20.5. The summed E-state index contributed by atoms with van der Waals surface area (Å²) in [6.07, 6.45) is -5.99. The van der Waals surface area contributed by atoms with Gasteiger partial charge in [-0.15, -0.1) is 0 Å². The summed E-state index contributed by atoms with van der Waals surface area (Å²) >= 11 is 0. The largest absolute Gasteiger partial charge is 0.489 e. The van der Waals surface area contributed by atoms with E-state index in [1.807, 2.05) is 19.9 Å². The highest BCUT2D eigenvalue weighted by Gasteiger charge is 2.44. The zero-order valence-electron chi connectivity index (χ0n) is 20.6. The Bertz CT molecular complexity index is 1370. The molecule has 1 aliphatic rings. The molecule has 1 saturated heterocycles. The van der Waals surface area contributed by atoms with Gasteiger partial charge in [-0.3, -0.25) is 0 Å². The van der Waals surface area contributed by atoms with Gasteiger partial charge >= 0.3 is 6.18 Å². The number of benzene rings is 2. The molecule has 2 N–H and O–H groups in total. The molecule has 1 fully saturated rings. The number of β-amino-alcohol motifs (C(OH)–C–C–N with tert-alkyl or cyclic N) is 1. The first-order valence-electron chi connectivity index (χ1n) is 11.5. The van der Waals surface area contributed by atoms with Crippen LogP contribution in [0.3, 0.4) is 0 Å². The lowest BCUT2D eigenvalue weighted by atomic mass is 9.93. The number of alkyl halides is 3. The number of nitrogens with zero attached hydrogens (tertiary/aromatic N) is 3. The maximum atomic E-state index is 13.4. The fraction of sp³-hybridized carbons (Fsp3) is 0.440. The van der Waals surface area contributed by atoms with Crippen molar-refractivity contribution < 1.29 is 41.3 Å². The third-order valence-electron chi connectivity index (χ3n) is 5.76. The summed E-state index contributed by atoms with van der Waals surface area (Å²) in [5.41, 5.74) is -3.55. The molecule has 204 valence electrons. The van der Waals surface area contributed by atoms with Crippen molar-refractivity contribution in [3.8, 4) is 23.6 Å². The van der Waals surface area contributed by atoms with Crippen LogP contribution in [-0.4, -0.2) is 60.9 Å². The van der Waals surface area contributed by atoms with Crippen LogP contribution in [-0.2, 0) is 16.2 Å². The van der Waals surface area contributed by atoms with Gasteiger partial charge < -0.3 is 19.7 Å². The molecule has 3 rings (SSSR count). The van der Waals surface area contributed by atoms with E-state index in [1.54, 1.807) is 0 Å². The first-order chi connectivity index (χ1) is 17.7. The summed E-state index contributed by atoms with van der Waals surface area (Å²) in [4.78, 5) is -0.673. The second kappa shape index (κ2) is 11.2. The van der Waals surface area contributed by atoms with E-state index < -0.39 is 57.1 Å². The molecule has 1 heterocycles. The Kier molecular flexibility index (Phi) is 8.58. The van der Waals surface area contributed by atoms with Crippen LogP contribution in [0.2, 0.25) is 0 Å². The number of nitriles is 2. The lowest BCUT2D eigenvalue weighted by Gasteiger charge is -2.41. The van der Waals surface area contributed by atoms with Crippen LogP contribution in [0.5, 0.6) is 11.5 Å². The monoisotopic (exact) mass is 553 g/mol. The van der Waals surface area contributed by atoms with Crippen molar-refractivity contribution in [2.45, 2.75) is 43.0 Å². The molecule has 0 aliphatic carbocycles. The second-order valence-electron chi connectivity index (χ2n) is 9.42. The van der Waals surface area contributed by atoms with Crippen molar-refractivity contribution in [1.29, 1.82) is 10.5 Å². The Morgan fingerprint density at radius 1 is 1.16 bits per heavy atom. The lowest BCUT2D eigenvalue weighted by molar-refractivity contribution is -0.137. The van der Waals surface area contributed by atoms with Gasteiger partial charge in [0.25, 0.3) is 0 Å². The molecule has 2 unspecified atom stereocenters. The highest BCUT2D eigenvalue weighted by atomic mass is 32.2. The average Bonchev–Trinajstić information content (AvgIpc) is 2.86. The third kappa shape index (κ3) is 6.55. The molecule has 0 radical (unpaired) electrons. The van der Waals surface area contributed by atoms with Crippen LogP contribution in [0.15, 0.2) is 41.3 Å². The minimum Gasteiger partial charge on any atom is -0.489 e. The van der Waals surface area contributed by atoms with Crippen LogP contribution in [0, 0.1) is 28.6 Å². The predicted molar refractivity (Wildman–Crippen MR) is 127 cm³/mol. The zero-order chi connectivity index (χ0) is 28.3. The van der Waals surface area contributed by atoms with E-state index in [0.29, 0.717) is 30.4 Å². The van der Waals surface area contributed by atoms with Crippen molar-refractivity contribution in [1.82, 2.24) is 4.31 Å². The summed E-state index contributed by atoms with van der Waals surface area (Å²) in [7, 11) is -4.60. The molecule has 0 saturated carbocycles. The smallest absolute Gasteiger partial charge is 0.416 e. The molecule has 0 aromatic heterocycles.